The zero-order valence-electron chi connectivity index (χ0n) is 10.2. The molecular formula is C13H15BrCl2N2O. The van der Waals surface area contributed by atoms with Crippen molar-refractivity contribution in [3.8, 4) is 0 Å². The van der Waals surface area contributed by atoms with Gasteiger partial charge in [0.05, 0.1) is 5.56 Å². The third-order valence-electron chi connectivity index (χ3n) is 2.81. The molecule has 0 aromatic heterocycles. The van der Waals surface area contributed by atoms with Crippen LogP contribution in [0, 0.1) is 0 Å². The van der Waals surface area contributed by atoms with Crippen LogP contribution in [0.3, 0.4) is 0 Å². The number of rotatable bonds is 3. The van der Waals surface area contributed by atoms with Gasteiger partial charge in [-0.1, -0.05) is 23.3 Å². The van der Waals surface area contributed by atoms with Crippen LogP contribution in [0.5, 0.6) is 0 Å². The second kappa shape index (κ2) is 7.90. The summed E-state index contributed by atoms with van der Waals surface area (Å²) < 4.78 is 0.753. The molecule has 0 spiro atoms. The van der Waals surface area contributed by atoms with E-state index < -0.39 is 0 Å². The Morgan fingerprint density at radius 3 is 2.95 bits per heavy atom. The molecule has 2 rings (SSSR count). The molecule has 2 N–H and O–H groups in total. The van der Waals surface area contributed by atoms with Crippen molar-refractivity contribution in [1.82, 2.24) is 10.6 Å². The highest BCUT2D eigenvalue weighted by Gasteiger charge is 2.11. The van der Waals surface area contributed by atoms with Crippen LogP contribution < -0.4 is 10.6 Å². The van der Waals surface area contributed by atoms with Gasteiger partial charge < -0.3 is 10.6 Å². The molecule has 0 unspecified atom stereocenters. The normalized spacial score (nSPS) is 14.3. The Labute approximate surface area is 132 Å². The minimum Gasteiger partial charge on any atom is -0.348 e. The van der Waals surface area contributed by atoms with E-state index in [2.05, 4.69) is 32.6 Å². The highest BCUT2D eigenvalue weighted by Crippen LogP contribution is 2.21. The number of benzene rings is 1. The van der Waals surface area contributed by atoms with Gasteiger partial charge in [-0.15, -0.1) is 12.4 Å². The first-order valence-corrected chi connectivity index (χ1v) is 6.96. The van der Waals surface area contributed by atoms with Crippen molar-refractivity contribution < 1.29 is 4.79 Å². The summed E-state index contributed by atoms with van der Waals surface area (Å²) in [6, 6.07) is 5.19. The van der Waals surface area contributed by atoms with Crippen molar-refractivity contribution in [2.24, 2.45) is 0 Å². The van der Waals surface area contributed by atoms with E-state index >= 15 is 0 Å². The molecule has 1 aliphatic heterocycles. The topological polar surface area (TPSA) is 41.1 Å². The van der Waals surface area contributed by atoms with Gasteiger partial charge in [0.25, 0.3) is 5.91 Å². The average Bonchev–Trinajstić information content (AvgIpc) is 2.40. The lowest BCUT2D eigenvalue weighted by atomic mass is 10.1. The molecular weight excluding hydrogens is 351 g/mol. The first kappa shape index (κ1) is 16.5. The Morgan fingerprint density at radius 1 is 1.47 bits per heavy atom. The summed E-state index contributed by atoms with van der Waals surface area (Å²) in [7, 11) is 0. The third kappa shape index (κ3) is 4.80. The molecule has 3 nitrogen and oxygen atoms in total. The van der Waals surface area contributed by atoms with Gasteiger partial charge in [-0.3, -0.25) is 4.79 Å². The Balaban J connectivity index is 0.00000180. The smallest absolute Gasteiger partial charge is 0.252 e. The minimum absolute atomic E-state index is 0. The molecule has 0 fully saturated rings. The SMILES string of the molecule is Cl.O=C(NCC1=CCNCC1)c1cc(Cl)ccc1Br. The van der Waals surface area contributed by atoms with Crippen molar-refractivity contribution >= 4 is 45.8 Å². The van der Waals surface area contributed by atoms with Crippen molar-refractivity contribution in [3.05, 3.63) is 44.9 Å². The largest absolute Gasteiger partial charge is 0.348 e. The molecule has 1 aliphatic rings. The van der Waals surface area contributed by atoms with Crippen LogP contribution in [0.4, 0.5) is 0 Å². The van der Waals surface area contributed by atoms with E-state index in [-0.39, 0.29) is 18.3 Å². The number of carbonyl (C=O) groups excluding carboxylic acids is 1. The van der Waals surface area contributed by atoms with Crippen LogP contribution >= 0.6 is 39.9 Å². The van der Waals surface area contributed by atoms with Gasteiger partial charge in [-0.05, 0) is 47.1 Å². The lowest BCUT2D eigenvalue weighted by Gasteiger charge is -2.15. The number of hydrogen-bond acceptors (Lipinski definition) is 2. The molecule has 19 heavy (non-hydrogen) atoms. The summed E-state index contributed by atoms with van der Waals surface area (Å²) in [5.41, 5.74) is 1.83. The molecule has 0 radical (unpaired) electrons. The Hall–Kier alpha value is -0.550. The second-order valence-electron chi connectivity index (χ2n) is 4.12. The van der Waals surface area contributed by atoms with E-state index in [0.29, 0.717) is 17.1 Å². The molecule has 1 aromatic carbocycles. The summed E-state index contributed by atoms with van der Waals surface area (Å²) in [6.45, 7) is 2.45. The maximum atomic E-state index is 12.0. The van der Waals surface area contributed by atoms with Crippen molar-refractivity contribution in [1.29, 1.82) is 0 Å². The zero-order valence-corrected chi connectivity index (χ0v) is 13.4. The molecule has 1 amide bonds. The van der Waals surface area contributed by atoms with Gasteiger partial charge in [0.2, 0.25) is 0 Å². The number of amides is 1. The molecule has 1 aromatic rings. The summed E-state index contributed by atoms with van der Waals surface area (Å²) in [4.78, 5) is 12.0. The maximum Gasteiger partial charge on any atom is 0.252 e. The minimum atomic E-state index is -0.108. The fourth-order valence-corrected chi connectivity index (χ4v) is 2.39. The lowest BCUT2D eigenvalue weighted by molar-refractivity contribution is 0.0956. The van der Waals surface area contributed by atoms with Gasteiger partial charge in [0.1, 0.15) is 0 Å². The van der Waals surface area contributed by atoms with E-state index in [0.717, 1.165) is 24.0 Å². The Bertz CT molecular complexity index is 492. The molecule has 0 bridgehead atoms. The average molecular weight is 366 g/mol. The van der Waals surface area contributed by atoms with E-state index in [9.17, 15) is 4.79 Å². The quantitative estimate of drug-likeness (QED) is 0.807. The highest BCUT2D eigenvalue weighted by molar-refractivity contribution is 9.10. The summed E-state index contributed by atoms with van der Waals surface area (Å²) in [5.74, 6) is -0.108. The van der Waals surface area contributed by atoms with Crippen LogP contribution in [0.1, 0.15) is 16.8 Å². The van der Waals surface area contributed by atoms with Crippen LogP contribution in [-0.2, 0) is 0 Å². The predicted octanol–water partition coefficient (Wildman–Crippen LogP) is 3.17. The maximum absolute atomic E-state index is 12.0. The molecule has 6 heteroatoms. The van der Waals surface area contributed by atoms with Crippen molar-refractivity contribution in [3.63, 3.8) is 0 Å². The van der Waals surface area contributed by atoms with E-state index in [1.165, 1.54) is 5.57 Å². The molecule has 0 saturated heterocycles. The summed E-state index contributed by atoms with van der Waals surface area (Å²) in [5, 5.41) is 6.71. The predicted molar refractivity (Wildman–Crippen MR) is 84.3 cm³/mol. The van der Waals surface area contributed by atoms with E-state index in [1.807, 2.05) is 0 Å². The first-order chi connectivity index (χ1) is 8.66. The lowest BCUT2D eigenvalue weighted by Crippen LogP contribution is -2.29. The van der Waals surface area contributed by atoms with Crippen molar-refractivity contribution in [2.75, 3.05) is 19.6 Å². The van der Waals surface area contributed by atoms with Crippen molar-refractivity contribution in [2.45, 2.75) is 6.42 Å². The third-order valence-corrected chi connectivity index (χ3v) is 3.73. The number of hydrogen-bond donors (Lipinski definition) is 2. The molecule has 0 saturated carbocycles. The highest BCUT2D eigenvalue weighted by atomic mass is 79.9. The van der Waals surface area contributed by atoms with Gasteiger partial charge in [0, 0.05) is 22.6 Å². The van der Waals surface area contributed by atoms with Crippen LogP contribution in [0.2, 0.25) is 5.02 Å². The Kier molecular flexibility index (Phi) is 6.86. The van der Waals surface area contributed by atoms with Gasteiger partial charge >= 0.3 is 0 Å². The number of halogens is 3. The molecule has 0 aliphatic carbocycles. The van der Waals surface area contributed by atoms with Crippen LogP contribution in [0.15, 0.2) is 34.3 Å². The zero-order chi connectivity index (χ0) is 13.0. The fourth-order valence-electron chi connectivity index (χ4n) is 1.79. The summed E-state index contributed by atoms with van der Waals surface area (Å²) >= 11 is 9.24. The first-order valence-electron chi connectivity index (χ1n) is 5.78. The monoisotopic (exact) mass is 364 g/mol. The van der Waals surface area contributed by atoms with Crippen LogP contribution in [-0.4, -0.2) is 25.5 Å². The fraction of sp³-hybridized carbons (Fsp3) is 0.308. The number of carbonyl (C=O) groups is 1. The summed E-state index contributed by atoms with van der Waals surface area (Å²) in [6.07, 6.45) is 3.10. The Morgan fingerprint density at radius 2 is 2.26 bits per heavy atom. The standard InChI is InChI=1S/C13H14BrClN2O.ClH/c14-12-2-1-10(15)7-11(12)13(18)17-8-9-3-5-16-6-4-9;/h1-3,7,16H,4-6,8H2,(H,17,18);1H. The molecule has 0 atom stereocenters. The van der Waals surface area contributed by atoms with E-state index in [4.69, 9.17) is 11.6 Å². The number of nitrogens with one attached hydrogen (secondary N) is 2. The van der Waals surface area contributed by atoms with Gasteiger partial charge in [0.15, 0.2) is 0 Å². The van der Waals surface area contributed by atoms with Crippen LogP contribution in [0.25, 0.3) is 0 Å². The van der Waals surface area contributed by atoms with E-state index in [1.54, 1.807) is 18.2 Å². The molecule has 104 valence electrons. The molecule has 1 heterocycles. The van der Waals surface area contributed by atoms with Gasteiger partial charge in [-0.25, -0.2) is 0 Å². The second-order valence-corrected chi connectivity index (χ2v) is 5.41. The van der Waals surface area contributed by atoms with Gasteiger partial charge in [-0.2, -0.15) is 0 Å².